The second kappa shape index (κ2) is 8.39. The molecule has 23 heavy (non-hydrogen) atoms. The Morgan fingerprint density at radius 1 is 0.957 bits per heavy atom. The highest BCUT2D eigenvalue weighted by atomic mass is 35.5. The van der Waals surface area contributed by atoms with E-state index in [1.54, 1.807) is 36.4 Å². The lowest BCUT2D eigenvalue weighted by atomic mass is 10.1. The Hall–Kier alpha value is -1.49. The molecular formula is C17H14Cl2O3S. The van der Waals surface area contributed by atoms with Crippen LogP contribution in [0, 0.1) is 0 Å². The van der Waals surface area contributed by atoms with Crippen molar-refractivity contribution in [3.05, 3.63) is 69.7 Å². The van der Waals surface area contributed by atoms with E-state index in [2.05, 4.69) is 0 Å². The summed E-state index contributed by atoms with van der Waals surface area (Å²) < 4.78 is 0. The summed E-state index contributed by atoms with van der Waals surface area (Å²) in [6.07, 6.45) is -0.0603. The van der Waals surface area contributed by atoms with Gasteiger partial charge in [-0.3, -0.25) is 9.59 Å². The molecule has 0 bridgehead atoms. The van der Waals surface area contributed by atoms with Gasteiger partial charge in [0.2, 0.25) is 0 Å². The van der Waals surface area contributed by atoms with Crippen LogP contribution in [0.4, 0.5) is 0 Å². The number of carboxylic acid groups (broad SMARTS) is 1. The molecule has 0 amide bonds. The van der Waals surface area contributed by atoms with E-state index >= 15 is 0 Å². The number of benzene rings is 2. The van der Waals surface area contributed by atoms with E-state index in [9.17, 15) is 14.7 Å². The number of aliphatic carboxylic acids is 1. The summed E-state index contributed by atoms with van der Waals surface area (Å²) in [6, 6.07) is 13.6. The van der Waals surface area contributed by atoms with Gasteiger partial charge in [0.1, 0.15) is 5.25 Å². The van der Waals surface area contributed by atoms with Crippen molar-refractivity contribution >= 4 is 46.7 Å². The zero-order valence-corrected chi connectivity index (χ0v) is 14.4. The number of hydrogen-bond donors (Lipinski definition) is 1. The first-order valence-electron chi connectivity index (χ1n) is 6.83. The van der Waals surface area contributed by atoms with Crippen LogP contribution in [-0.2, 0) is 10.5 Å². The Kier molecular flexibility index (Phi) is 6.51. The first-order valence-corrected chi connectivity index (χ1v) is 8.64. The number of ketones is 1. The van der Waals surface area contributed by atoms with Crippen LogP contribution < -0.4 is 0 Å². The summed E-state index contributed by atoms with van der Waals surface area (Å²) in [6.45, 7) is 0. The lowest BCUT2D eigenvalue weighted by Crippen LogP contribution is -2.20. The Morgan fingerprint density at radius 2 is 1.48 bits per heavy atom. The Morgan fingerprint density at radius 3 is 2.00 bits per heavy atom. The van der Waals surface area contributed by atoms with Crippen molar-refractivity contribution in [3.63, 3.8) is 0 Å². The lowest BCUT2D eigenvalue weighted by Gasteiger charge is -2.11. The minimum absolute atomic E-state index is 0.0603. The van der Waals surface area contributed by atoms with Gasteiger partial charge in [0.15, 0.2) is 5.78 Å². The fourth-order valence-electron chi connectivity index (χ4n) is 1.92. The summed E-state index contributed by atoms with van der Waals surface area (Å²) in [4.78, 5) is 23.6. The van der Waals surface area contributed by atoms with E-state index in [1.165, 1.54) is 11.8 Å². The van der Waals surface area contributed by atoms with Gasteiger partial charge >= 0.3 is 5.97 Å². The van der Waals surface area contributed by atoms with Crippen molar-refractivity contribution in [1.82, 2.24) is 0 Å². The van der Waals surface area contributed by atoms with Crippen LogP contribution in [-0.4, -0.2) is 22.1 Å². The first-order chi connectivity index (χ1) is 11.0. The minimum atomic E-state index is -0.994. The van der Waals surface area contributed by atoms with Gasteiger partial charge in [0.25, 0.3) is 0 Å². The number of carbonyl (C=O) groups excluding carboxylic acids is 1. The number of thioether (sulfide) groups is 1. The SMILES string of the molecule is O=C(C[C@H](SCc1ccc(Cl)cc1)C(=O)O)c1ccc(Cl)cc1. The molecule has 0 aromatic heterocycles. The third kappa shape index (κ3) is 5.57. The summed E-state index contributed by atoms with van der Waals surface area (Å²) in [5, 5.41) is 9.69. The van der Waals surface area contributed by atoms with E-state index in [0.717, 1.165) is 5.56 Å². The minimum Gasteiger partial charge on any atom is -0.480 e. The standard InChI is InChI=1S/C17H14Cl2O3S/c18-13-5-1-11(2-6-13)10-23-16(17(21)22)9-15(20)12-3-7-14(19)8-4-12/h1-8,16H,9-10H2,(H,21,22)/t16-/m0/s1. The third-order valence-electron chi connectivity index (χ3n) is 3.18. The van der Waals surface area contributed by atoms with Crippen LogP contribution in [0.3, 0.4) is 0 Å². The highest BCUT2D eigenvalue weighted by Crippen LogP contribution is 2.23. The molecule has 1 atom stereocenters. The number of rotatable bonds is 7. The number of halogens is 2. The van der Waals surface area contributed by atoms with E-state index in [1.807, 2.05) is 12.1 Å². The van der Waals surface area contributed by atoms with Gasteiger partial charge in [-0.25, -0.2) is 0 Å². The second-order valence-corrected chi connectivity index (χ2v) is 6.96. The summed E-state index contributed by atoms with van der Waals surface area (Å²) >= 11 is 12.8. The summed E-state index contributed by atoms with van der Waals surface area (Å²) in [5.41, 5.74) is 1.43. The van der Waals surface area contributed by atoms with Gasteiger partial charge < -0.3 is 5.11 Å². The molecule has 0 aliphatic carbocycles. The van der Waals surface area contributed by atoms with Crippen molar-refractivity contribution in [1.29, 1.82) is 0 Å². The third-order valence-corrected chi connectivity index (χ3v) is 4.95. The van der Waals surface area contributed by atoms with Crippen molar-refractivity contribution in [2.24, 2.45) is 0 Å². The monoisotopic (exact) mass is 368 g/mol. The largest absolute Gasteiger partial charge is 0.480 e. The van der Waals surface area contributed by atoms with Crippen LogP contribution in [0.15, 0.2) is 48.5 Å². The Balaban J connectivity index is 1.98. The molecule has 0 unspecified atom stereocenters. The van der Waals surface area contributed by atoms with Gasteiger partial charge in [-0.15, -0.1) is 11.8 Å². The molecule has 6 heteroatoms. The molecule has 0 heterocycles. The van der Waals surface area contributed by atoms with E-state index in [0.29, 0.717) is 21.4 Å². The van der Waals surface area contributed by atoms with Gasteiger partial charge in [-0.05, 0) is 42.0 Å². The highest BCUT2D eigenvalue weighted by Gasteiger charge is 2.22. The van der Waals surface area contributed by atoms with Crippen LogP contribution in [0.1, 0.15) is 22.3 Å². The number of Topliss-reactive ketones (excluding diaryl/α,β-unsaturated/α-hetero) is 1. The van der Waals surface area contributed by atoms with Gasteiger partial charge in [0.05, 0.1) is 0 Å². The zero-order valence-electron chi connectivity index (χ0n) is 12.0. The molecule has 0 saturated heterocycles. The number of carboxylic acids is 1. The molecule has 0 radical (unpaired) electrons. The Bertz CT molecular complexity index is 684. The molecule has 0 saturated carbocycles. The number of carbonyl (C=O) groups is 2. The average molecular weight is 369 g/mol. The van der Waals surface area contributed by atoms with E-state index in [-0.39, 0.29) is 12.2 Å². The topological polar surface area (TPSA) is 54.4 Å². The maximum absolute atomic E-state index is 12.2. The second-order valence-electron chi connectivity index (χ2n) is 4.90. The van der Waals surface area contributed by atoms with Crippen molar-refractivity contribution < 1.29 is 14.7 Å². The molecule has 1 N–H and O–H groups in total. The van der Waals surface area contributed by atoms with Crippen LogP contribution in [0.25, 0.3) is 0 Å². The molecular weight excluding hydrogens is 355 g/mol. The zero-order chi connectivity index (χ0) is 16.8. The molecule has 120 valence electrons. The molecule has 0 spiro atoms. The molecule has 0 fully saturated rings. The molecule has 0 aliphatic heterocycles. The summed E-state index contributed by atoms with van der Waals surface area (Å²) in [7, 11) is 0. The van der Waals surface area contributed by atoms with Crippen molar-refractivity contribution in [2.75, 3.05) is 0 Å². The predicted octanol–water partition coefficient (Wildman–Crippen LogP) is 4.95. The maximum Gasteiger partial charge on any atom is 0.317 e. The Labute approximate surface area is 148 Å². The fourth-order valence-corrected chi connectivity index (χ4v) is 3.17. The van der Waals surface area contributed by atoms with Gasteiger partial charge in [-0.2, -0.15) is 0 Å². The first kappa shape index (κ1) is 17.9. The maximum atomic E-state index is 12.2. The van der Waals surface area contributed by atoms with Crippen molar-refractivity contribution in [3.8, 4) is 0 Å². The highest BCUT2D eigenvalue weighted by molar-refractivity contribution is 7.99. The lowest BCUT2D eigenvalue weighted by molar-refractivity contribution is -0.136. The van der Waals surface area contributed by atoms with Gasteiger partial charge in [0, 0.05) is 27.8 Å². The van der Waals surface area contributed by atoms with Crippen molar-refractivity contribution in [2.45, 2.75) is 17.4 Å². The molecule has 2 aromatic carbocycles. The van der Waals surface area contributed by atoms with Crippen LogP contribution in [0.2, 0.25) is 10.0 Å². The molecule has 3 nitrogen and oxygen atoms in total. The number of hydrogen-bond acceptors (Lipinski definition) is 3. The normalized spacial score (nSPS) is 11.9. The van der Waals surface area contributed by atoms with Gasteiger partial charge in [-0.1, -0.05) is 35.3 Å². The molecule has 2 aromatic rings. The average Bonchev–Trinajstić information content (AvgIpc) is 2.53. The van der Waals surface area contributed by atoms with E-state index < -0.39 is 11.2 Å². The fraction of sp³-hybridized carbons (Fsp3) is 0.176. The summed E-state index contributed by atoms with van der Waals surface area (Å²) in [5.74, 6) is -0.703. The van der Waals surface area contributed by atoms with Crippen LogP contribution in [0.5, 0.6) is 0 Å². The smallest absolute Gasteiger partial charge is 0.317 e. The predicted molar refractivity (Wildman–Crippen MR) is 94.6 cm³/mol. The molecule has 0 aliphatic rings. The quantitative estimate of drug-likeness (QED) is 0.702. The van der Waals surface area contributed by atoms with E-state index in [4.69, 9.17) is 23.2 Å². The molecule has 2 rings (SSSR count). The van der Waals surface area contributed by atoms with Crippen LogP contribution >= 0.6 is 35.0 Å².